The Morgan fingerprint density at radius 2 is 2.07 bits per heavy atom. The normalized spacial score (nSPS) is 18.5. The molecule has 1 fully saturated rings. The van der Waals surface area contributed by atoms with Gasteiger partial charge in [-0.25, -0.2) is 8.42 Å². The van der Waals surface area contributed by atoms with Crippen molar-refractivity contribution in [2.45, 2.75) is 6.04 Å². The summed E-state index contributed by atoms with van der Waals surface area (Å²) in [6.07, 6.45) is 2.38. The second-order valence-electron chi connectivity index (χ2n) is 6.25. The molecule has 11 heteroatoms. The number of hydrogen-bond donors (Lipinski definition) is 0. The molecule has 9 nitrogen and oxygen atoms in total. The first-order chi connectivity index (χ1) is 12.7. The third-order valence-corrected chi connectivity index (χ3v) is 5.83. The van der Waals surface area contributed by atoms with E-state index in [9.17, 15) is 13.2 Å². The first kappa shape index (κ1) is 19.5. The summed E-state index contributed by atoms with van der Waals surface area (Å²) in [6, 6.07) is 4.69. The highest BCUT2D eigenvalue weighted by Crippen LogP contribution is 2.31. The molecular formula is C16H19ClN6O3S. The fourth-order valence-electron chi connectivity index (χ4n) is 3.06. The molecule has 0 aliphatic carbocycles. The van der Waals surface area contributed by atoms with Crippen molar-refractivity contribution in [3.8, 4) is 11.4 Å². The first-order valence-corrected chi connectivity index (χ1v) is 10.3. The van der Waals surface area contributed by atoms with E-state index < -0.39 is 16.1 Å². The summed E-state index contributed by atoms with van der Waals surface area (Å²) in [7, 11) is -1.74. The number of benzene rings is 1. The Kier molecular flexibility index (Phi) is 5.31. The third-order valence-electron chi connectivity index (χ3n) is 4.34. The van der Waals surface area contributed by atoms with Gasteiger partial charge in [-0.2, -0.15) is 9.10 Å². The van der Waals surface area contributed by atoms with Gasteiger partial charge in [0.15, 0.2) is 0 Å². The number of sulfonamides is 1. The summed E-state index contributed by atoms with van der Waals surface area (Å²) in [6.45, 7) is 4.16. The van der Waals surface area contributed by atoms with Gasteiger partial charge >= 0.3 is 0 Å². The van der Waals surface area contributed by atoms with Crippen molar-refractivity contribution in [2.75, 3.05) is 25.9 Å². The molecule has 0 spiro atoms. The second kappa shape index (κ2) is 7.37. The minimum absolute atomic E-state index is 0.131. The van der Waals surface area contributed by atoms with Crippen molar-refractivity contribution < 1.29 is 13.2 Å². The fraction of sp³-hybridized carbons (Fsp3) is 0.375. The number of aryl methyl sites for hydroxylation is 1. The van der Waals surface area contributed by atoms with Crippen molar-refractivity contribution in [1.29, 1.82) is 0 Å². The van der Waals surface area contributed by atoms with Gasteiger partial charge in [-0.05, 0) is 35.1 Å². The SMILES string of the molecule is C=CC(=O)N1CCN(S(C)(=O)=O)C[C@H]1c1cc(Cl)cc(-c2nnn(C)n2)c1. The molecule has 2 heterocycles. The molecule has 1 aliphatic rings. The zero-order valence-corrected chi connectivity index (χ0v) is 16.5. The van der Waals surface area contributed by atoms with Crippen LogP contribution in [0.3, 0.4) is 0 Å². The number of nitrogens with zero attached hydrogens (tertiary/aromatic N) is 6. The van der Waals surface area contributed by atoms with Crippen molar-refractivity contribution in [3.05, 3.63) is 41.4 Å². The molecular weight excluding hydrogens is 392 g/mol. The van der Waals surface area contributed by atoms with Gasteiger partial charge in [-0.1, -0.05) is 18.2 Å². The average Bonchev–Trinajstić information content (AvgIpc) is 3.05. The van der Waals surface area contributed by atoms with Gasteiger partial charge in [-0.15, -0.1) is 10.2 Å². The number of piperazine rings is 1. The molecule has 0 radical (unpaired) electrons. The van der Waals surface area contributed by atoms with Crippen LogP contribution in [0.2, 0.25) is 5.02 Å². The van der Waals surface area contributed by atoms with Crippen molar-refractivity contribution >= 4 is 27.5 Å². The van der Waals surface area contributed by atoms with Crippen LogP contribution in [0.4, 0.5) is 0 Å². The van der Waals surface area contributed by atoms with Crippen molar-refractivity contribution in [1.82, 2.24) is 29.4 Å². The smallest absolute Gasteiger partial charge is 0.246 e. The standard InChI is InChI=1S/C16H19ClN6O3S/c1-4-15(24)23-6-5-22(27(3,25)26)10-14(23)11-7-12(9-13(17)8-11)16-18-20-21(2)19-16/h4,7-9,14H,1,5-6,10H2,2-3H3/t14-/m0/s1. The van der Waals surface area contributed by atoms with E-state index in [4.69, 9.17) is 11.6 Å². The lowest BCUT2D eigenvalue weighted by atomic mass is 10.0. The number of amides is 1. The van der Waals surface area contributed by atoms with E-state index in [0.717, 1.165) is 6.26 Å². The van der Waals surface area contributed by atoms with Crippen LogP contribution in [0.1, 0.15) is 11.6 Å². The molecule has 1 aromatic heterocycles. The minimum Gasteiger partial charge on any atom is -0.329 e. The van der Waals surface area contributed by atoms with Crippen LogP contribution in [0.25, 0.3) is 11.4 Å². The Balaban J connectivity index is 2.05. The Hall–Kier alpha value is -2.30. The molecule has 1 aliphatic heterocycles. The van der Waals surface area contributed by atoms with Gasteiger partial charge in [0, 0.05) is 30.2 Å². The molecule has 1 amide bonds. The third kappa shape index (κ3) is 4.18. The van der Waals surface area contributed by atoms with Crippen LogP contribution in [-0.4, -0.2) is 69.6 Å². The summed E-state index contributed by atoms with van der Waals surface area (Å²) < 4.78 is 25.4. The van der Waals surface area contributed by atoms with E-state index in [1.165, 1.54) is 15.2 Å². The van der Waals surface area contributed by atoms with Gasteiger partial charge in [0.05, 0.1) is 19.3 Å². The van der Waals surface area contributed by atoms with E-state index >= 15 is 0 Å². The summed E-state index contributed by atoms with van der Waals surface area (Å²) in [4.78, 5) is 15.2. The number of aromatic nitrogens is 4. The van der Waals surface area contributed by atoms with Crippen LogP contribution < -0.4 is 0 Å². The van der Waals surface area contributed by atoms with E-state index in [1.54, 1.807) is 30.1 Å². The lowest BCUT2D eigenvalue weighted by Crippen LogP contribution is -2.51. The minimum atomic E-state index is -3.39. The van der Waals surface area contributed by atoms with Gasteiger partial charge in [0.25, 0.3) is 0 Å². The molecule has 0 bridgehead atoms. The molecule has 27 heavy (non-hydrogen) atoms. The molecule has 0 unspecified atom stereocenters. The molecule has 144 valence electrons. The summed E-state index contributed by atoms with van der Waals surface area (Å²) >= 11 is 6.28. The molecule has 1 saturated heterocycles. The number of carbonyl (C=O) groups is 1. The molecule has 1 atom stereocenters. The van der Waals surface area contributed by atoms with E-state index in [1.807, 2.05) is 0 Å². The predicted molar refractivity (Wildman–Crippen MR) is 100 cm³/mol. The molecule has 3 rings (SSSR count). The van der Waals surface area contributed by atoms with Crippen LogP contribution >= 0.6 is 11.6 Å². The highest BCUT2D eigenvalue weighted by atomic mass is 35.5. The topological polar surface area (TPSA) is 101 Å². The van der Waals surface area contributed by atoms with Gasteiger partial charge < -0.3 is 4.90 Å². The zero-order valence-electron chi connectivity index (χ0n) is 14.9. The monoisotopic (exact) mass is 410 g/mol. The van der Waals surface area contributed by atoms with Gasteiger partial charge in [0.1, 0.15) is 0 Å². The van der Waals surface area contributed by atoms with Crippen molar-refractivity contribution in [3.63, 3.8) is 0 Å². The maximum atomic E-state index is 12.3. The largest absolute Gasteiger partial charge is 0.329 e. The molecule has 0 saturated carbocycles. The second-order valence-corrected chi connectivity index (χ2v) is 8.67. The number of carbonyl (C=O) groups excluding carboxylic acids is 1. The first-order valence-electron chi connectivity index (χ1n) is 8.12. The predicted octanol–water partition coefficient (Wildman–Crippen LogP) is 0.861. The molecule has 1 aromatic carbocycles. The van der Waals surface area contributed by atoms with Crippen molar-refractivity contribution in [2.24, 2.45) is 7.05 Å². The average molecular weight is 411 g/mol. The van der Waals surface area contributed by atoms with Crippen LogP contribution in [-0.2, 0) is 21.9 Å². The Morgan fingerprint density at radius 1 is 1.33 bits per heavy atom. The highest BCUT2D eigenvalue weighted by Gasteiger charge is 2.34. The fourth-order valence-corrected chi connectivity index (χ4v) is 4.13. The number of hydrogen-bond acceptors (Lipinski definition) is 6. The number of tetrazole rings is 1. The Morgan fingerprint density at radius 3 is 2.67 bits per heavy atom. The maximum Gasteiger partial charge on any atom is 0.246 e. The van der Waals surface area contributed by atoms with E-state index in [-0.39, 0.29) is 25.5 Å². The summed E-state index contributed by atoms with van der Waals surface area (Å²) in [5.74, 6) is 0.117. The zero-order chi connectivity index (χ0) is 19.8. The summed E-state index contributed by atoms with van der Waals surface area (Å²) in [5.41, 5.74) is 1.32. The van der Waals surface area contributed by atoms with Gasteiger partial charge in [0.2, 0.25) is 21.8 Å². The highest BCUT2D eigenvalue weighted by molar-refractivity contribution is 7.88. The van der Waals surface area contributed by atoms with Gasteiger partial charge in [-0.3, -0.25) is 4.79 Å². The molecule has 2 aromatic rings. The van der Waals surface area contributed by atoms with E-state index in [0.29, 0.717) is 22.0 Å². The maximum absolute atomic E-state index is 12.3. The van der Waals surface area contributed by atoms with Crippen LogP contribution in [0, 0.1) is 0 Å². The van der Waals surface area contributed by atoms with Crippen LogP contribution in [0.5, 0.6) is 0 Å². The number of halogens is 1. The lowest BCUT2D eigenvalue weighted by Gasteiger charge is -2.40. The summed E-state index contributed by atoms with van der Waals surface area (Å²) in [5, 5.41) is 12.4. The van der Waals surface area contributed by atoms with E-state index in [2.05, 4.69) is 22.0 Å². The molecule has 0 N–H and O–H groups in total. The van der Waals surface area contributed by atoms with Crippen LogP contribution in [0.15, 0.2) is 30.9 Å². The Bertz CT molecular complexity index is 990. The lowest BCUT2D eigenvalue weighted by molar-refractivity contribution is -0.130. The number of rotatable bonds is 4. The Labute approximate surface area is 162 Å². The quantitative estimate of drug-likeness (QED) is 0.693.